The van der Waals surface area contributed by atoms with Gasteiger partial charge in [0.05, 0.1) is 5.60 Å². The molecule has 1 aliphatic heterocycles. The summed E-state index contributed by atoms with van der Waals surface area (Å²) in [5.41, 5.74) is 6.88. The van der Waals surface area contributed by atoms with Crippen LogP contribution in [0.2, 0.25) is 0 Å². The lowest BCUT2D eigenvalue weighted by atomic mass is 9.98. The van der Waals surface area contributed by atoms with E-state index in [1.54, 1.807) is 30.2 Å². The molecule has 0 aromatic carbocycles. The number of nitrogens with zero attached hydrogens (tertiary/aromatic N) is 1. The number of thioether (sulfide) groups is 1. The van der Waals surface area contributed by atoms with Gasteiger partial charge in [-0.25, -0.2) is 0 Å². The molecule has 0 bridgehead atoms. The zero-order valence-corrected chi connectivity index (χ0v) is 8.05. The van der Waals surface area contributed by atoms with Gasteiger partial charge in [0.1, 0.15) is 0 Å². The van der Waals surface area contributed by atoms with Crippen LogP contribution in [0.15, 0.2) is 18.5 Å². The van der Waals surface area contributed by atoms with Crippen molar-refractivity contribution in [1.29, 1.82) is 0 Å². The molecule has 0 unspecified atom stereocenters. The molecule has 0 radical (unpaired) electrons. The van der Waals surface area contributed by atoms with Crippen LogP contribution in [0.1, 0.15) is 5.56 Å². The zero-order chi connectivity index (χ0) is 9.31. The van der Waals surface area contributed by atoms with Crippen LogP contribution in [0.5, 0.6) is 0 Å². The van der Waals surface area contributed by atoms with E-state index < -0.39 is 5.60 Å². The standard InChI is InChI=1S/C9H12N2OS/c10-8-1-2-11-4-7(8)3-9(12)5-13-6-9/h1-2,4,12H,3,5-6H2,(H2,10,11). The van der Waals surface area contributed by atoms with Gasteiger partial charge in [-0.15, -0.1) is 0 Å². The Morgan fingerprint density at radius 3 is 2.92 bits per heavy atom. The van der Waals surface area contributed by atoms with E-state index in [1.165, 1.54) is 0 Å². The third-order valence-corrected chi connectivity index (χ3v) is 3.69. The Kier molecular flexibility index (Phi) is 2.17. The molecule has 3 N–H and O–H groups in total. The topological polar surface area (TPSA) is 59.1 Å². The van der Waals surface area contributed by atoms with Gasteiger partial charge in [-0.2, -0.15) is 11.8 Å². The predicted octanol–water partition coefficient (Wildman–Crippen LogP) is 0.684. The van der Waals surface area contributed by atoms with Gasteiger partial charge in [-0.3, -0.25) is 4.98 Å². The summed E-state index contributed by atoms with van der Waals surface area (Å²) in [6, 6.07) is 1.77. The van der Waals surface area contributed by atoms with Crippen molar-refractivity contribution in [3.05, 3.63) is 24.0 Å². The molecule has 70 valence electrons. The van der Waals surface area contributed by atoms with Gasteiger partial charge < -0.3 is 10.8 Å². The minimum Gasteiger partial charge on any atom is -0.398 e. The highest BCUT2D eigenvalue weighted by Gasteiger charge is 2.35. The second-order valence-electron chi connectivity index (χ2n) is 3.47. The summed E-state index contributed by atoms with van der Waals surface area (Å²) in [6.45, 7) is 0. The predicted molar refractivity (Wildman–Crippen MR) is 54.6 cm³/mol. The van der Waals surface area contributed by atoms with Crippen molar-refractivity contribution < 1.29 is 5.11 Å². The quantitative estimate of drug-likeness (QED) is 0.730. The SMILES string of the molecule is Nc1ccncc1CC1(O)CSC1. The number of hydrogen-bond donors (Lipinski definition) is 2. The molecular formula is C9H12N2OS. The van der Waals surface area contributed by atoms with Crippen LogP contribution in [0.3, 0.4) is 0 Å². The molecule has 1 fully saturated rings. The lowest BCUT2D eigenvalue weighted by Crippen LogP contribution is -2.45. The minimum absolute atomic E-state index is 0.540. The van der Waals surface area contributed by atoms with Crippen LogP contribution in [0.4, 0.5) is 5.69 Å². The number of aliphatic hydroxyl groups is 1. The molecule has 2 heterocycles. The second kappa shape index (κ2) is 3.20. The Bertz CT molecular complexity index is 312. The fourth-order valence-corrected chi connectivity index (χ4v) is 2.26. The summed E-state index contributed by atoms with van der Waals surface area (Å²) in [7, 11) is 0. The van der Waals surface area contributed by atoms with Gasteiger partial charge >= 0.3 is 0 Å². The molecule has 3 nitrogen and oxygen atoms in total. The molecule has 1 aromatic rings. The average Bonchev–Trinajstić information content (AvgIpc) is 2.06. The summed E-state index contributed by atoms with van der Waals surface area (Å²) in [5, 5.41) is 9.88. The smallest absolute Gasteiger partial charge is 0.0869 e. The number of aromatic nitrogens is 1. The van der Waals surface area contributed by atoms with E-state index in [0.29, 0.717) is 6.42 Å². The van der Waals surface area contributed by atoms with Gasteiger partial charge in [0.15, 0.2) is 0 Å². The van der Waals surface area contributed by atoms with E-state index in [0.717, 1.165) is 22.8 Å². The fourth-order valence-electron chi connectivity index (χ4n) is 1.38. The molecule has 0 saturated carbocycles. The number of nitrogens with two attached hydrogens (primary N) is 1. The highest BCUT2D eigenvalue weighted by atomic mass is 32.2. The average molecular weight is 196 g/mol. The molecule has 1 saturated heterocycles. The highest BCUT2D eigenvalue weighted by Crippen LogP contribution is 2.33. The second-order valence-corrected chi connectivity index (χ2v) is 4.45. The van der Waals surface area contributed by atoms with Crippen LogP contribution in [-0.4, -0.2) is 27.2 Å². The first kappa shape index (κ1) is 8.84. The molecule has 13 heavy (non-hydrogen) atoms. The summed E-state index contributed by atoms with van der Waals surface area (Å²) in [4.78, 5) is 3.99. The summed E-state index contributed by atoms with van der Waals surface area (Å²) >= 11 is 1.76. The van der Waals surface area contributed by atoms with E-state index in [2.05, 4.69) is 4.98 Å². The molecule has 0 aliphatic carbocycles. The first-order valence-electron chi connectivity index (χ1n) is 4.18. The van der Waals surface area contributed by atoms with Gasteiger partial charge in [-0.1, -0.05) is 0 Å². The lowest BCUT2D eigenvalue weighted by molar-refractivity contribution is 0.0794. The lowest BCUT2D eigenvalue weighted by Gasteiger charge is -2.36. The Morgan fingerprint density at radius 1 is 1.62 bits per heavy atom. The normalized spacial score (nSPS) is 19.5. The van der Waals surface area contributed by atoms with Crippen LogP contribution in [0, 0.1) is 0 Å². The van der Waals surface area contributed by atoms with Crippen molar-refractivity contribution in [2.24, 2.45) is 0 Å². The van der Waals surface area contributed by atoms with Gasteiger partial charge in [0.25, 0.3) is 0 Å². The van der Waals surface area contributed by atoms with Crippen molar-refractivity contribution in [2.75, 3.05) is 17.2 Å². The van der Waals surface area contributed by atoms with Gasteiger partial charge in [0, 0.05) is 36.0 Å². The minimum atomic E-state index is -0.540. The van der Waals surface area contributed by atoms with Crippen molar-refractivity contribution in [3.8, 4) is 0 Å². The van der Waals surface area contributed by atoms with Crippen LogP contribution in [-0.2, 0) is 6.42 Å². The first-order valence-corrected chi connectivity index (χ1v) is 5.34. The number of hydrogen-bond acceptors (Lipinski definition) is 4. The molecule has 1 aliphatic rings. The Labute approximate surface area is 81.4 Å². The largest absolute Gasteiger partial charge is 0.398 e. The summed E-state index contributed by atoms with van der Waals surface area (Å²) in [5.74, 6) is 1.61. The fraction of sp³-hybridized carbons (Fsp3) is 0.444. The van der Waals surface area contributed by atoms with E-state index in [4.69, 9.17) is 5.73 Å². The van der Waals surface area contributed by atoms with E-state index >= 15 is 0 Å². The van der Waals surface area contributed by atoms with Crippen LogP contribution < -0.4 is 5.73 Å². The Morgan fingerprint density at radius 2 is 2.38 bits per heavy atom. The van der Waals surface area contributed by atoms with E-state index in [9.17, 15) is 5.11 Å². The van der Waals surface area contributed by atoms with Crippen molar-refractivity contribution in [3.63, 3.8) is 0 Å². The van der Waals surface area contributed by atoms with Crippen LogP contribution in [0.25, 0.3) is 0 Å². The number of rotatable bonds is 2. The molecule has 1 aromatic heterocycles. The van der Waals surface area contributed by atoms with Gasteiger partial charge in [0.2, 0.25) is 0 Å². The maximum atomic E-state index is 9.88. The Hall–Kier alpha value is -0.740. The highest BCUT2D eigenvalue weighted by molar-refractivity contribution is 8.00. The monoisotopic (exact) mass is 196 g/mol. The first-order chi connectivity index (χ1) is 6.20. The number of anilines is 1. The maximum absolute atomic E-state index is 9.88. The van der Waals surface area contributed by atoms with E-state index in [1.807, 2.05) is 0 Å². The summed E-state index contributed by atoms with van der Waals surface area (Å²) < 4.78 is 0. The molecule has 0 amide bonds. The molecule has 2 rings (SSSR count). The number of pyridine rings is 1. The molecule has 0 spiro atoms. The molecule has 0 atom stereocenters. The number of nitrogen functional groups attached to an aromatic ring is 1. The van der Waals surface area contributed by atoms with Crippen molar-refractivity contribution in [2.45, 2.75) is 12.0 Å². The third kappa shape index (κ3) is 1.78. The molecule has 4 heteroatoms. The third-order valence-electron chi connectivity index (χ3n) is 2.20. The van der Waals surface area contributed by atoms with Crippen molar-refractivity contribution in [1.82, 2.24) is 4.98 Å². The van der Waals surface area contributed by atoms with Crippen LogP contribution >= 0.6 is 11.8 Å². The van der Waals surface area contributed by atoms with Gasteiger partial charge in [-0.05, 0) is 11.6 Å². The van der Waals surface area contributed by atoms with Crippen molar-refractivity contribution >= 4 is 17.4 Å². The van der Waals surface area contributed by atoms with E-state index in [-0.39, 0.29) is 0 Å². The molecular weight excluding hydrogens is 184 g/mol. The zero-order valence-electron chi connectivity index (χ0n) is 7.23. The summed E-state index contributed by atoms with van der Waals surface area (Å²) in [6.07, 6.45) is 4.02. The Balaban J connectivity index is 2.13. The maximum Gasteiger partial charge on any atom is 0.0869 e.